The molecule has 2 N–H and O–H groups in total. The molecule has 1 unspecified atom stereocenters. The van der Waals surface area contributed by atoms with Crippen LogP contribution in [0.1, 0.15) is 25.7 Å². The van der Waals surface area contributed by atoms with Crippen molar-refractivity contribution in [2.45, 2.75) is 31.7 Å². The van der Waals surface area contributed by atoms with Gasteiger partial charge in [0.05, 0.1) is 19.1 Å². The second-order valence-corrected chi connectivity index (χ2v) is 7.24. The van der Waals surface area contributed by atoms with Crippen LogP contribution in [0.25, 0.3) is 0 Å². The molecule has 144 valence electrons. The first-order chi connectivity index (χ1) is 11.7. The molecule has 2 amide bonds. The van der Waals surface area contributed by atoms with Gasteiger partial charge in [-0.3, -0.25) is 14.5 Å². The van der Waals surface area contributed by atoms with Gasteiger partial charge in [-0.2, -0.15) is 0 Å². The Morgan fingerprint density at radius 1 is 1.16 bits per heavy atom. The molecule has 2 saturated heterocycles. The fourth-order valence-corrected chi connectivity index (χ4v) is 3.79. The number of amides is 2. The molecule has 3 aliphatic rings. The fourth-order valence-electron chi connectivity index (χ4n) is 3.79. The number of carbonyl (C=O) groups is 2. The highest BCUT2D eigenvalue weighted by Crippen LogP contribution is 2.27. The van der Waals surface area contributed by atoms with E-state index in [2.05, 4.69) is 10.2 Å². The number of piperazine rings is 2. The molecule has 0 spiro atoms. The molecule has 1 aliphatic carbocycles. The van der Waals surface area contributed by atoms with Crippen molar-refractivity contribution in [3.63, 3.8) is 0 Å². The van der Waals surface area contributed by atoms with Crippen LogP contribution in [0.15, 0.2) is 0 Å². The maximum absolute atomic E-state index is 12.6. The fraction of sp³-hybridized carbons (Fsp3) is 0.882. The van der Waals surface area contributed by atoms with Crippen LogP contribution < -0.4 is 5.32 Å². The van der Waals surface area contributed by atoms with Gasteiger partial charge in [0.15, 0.2) is 0 Å². The van der Waals surface area contributed by atoms with Crippen LogP contribution in [0.4, 0.5) is 0 Å². The first-order valence-corrected chi connectivity index (χ1v) is 9.30. The van der Waals surface area contributed by atoms with Crippen LogP contribution in [0.2, 0.25) is 0 Å². The number of nitrogens with one attached hydrogen (secondary N) is 1. The first-order valence-electron chi connectivity index (χ1n) is 9.30. The van der Waals surface area contributed by atoms with E-state index in [0.29, 0.717) is 25.6 Å². The van der Waals surface area contributed by atoms with E-state index in [1.54, 1.807) is 0 Å². The van der Waals surface area contributed by atoms with Crippen LogP contribution in [0.3, 0.4) is 0 Å². The first kappa shape index (κ1) is 20.4. The SMILES string of the molecule is Cl.O=C(CC1NCCN(CC2CCC2)C1=O)N1CCN(CCO)CC1. The molecule has 2 aliphatic heterocycles. The summed E-state index contributed by atoms with van der Waals surface area (Å²) in [4.78, 5) is 31.1. The summed E-state index contributed by atoms with van der Waals surface area (Å²) in [5, 5.41) is 12.2. The zero-order chi connectivity index (χ0) is 16.9. The molecule has 0 bridgehead atoms. The molecule has 8 heteroatoms. The summed E-state index contributed by atoms with van der Waals surface area (Å²) in [5.41, 5.74) is 0. The van der Waals surface area contributed by atoms with E-state index in [1.165, 1.54) is 19.3 Å². The van der Waals surface area contributed by atoms with E-state index >= 15 is 0 Å². The van der Waals surface area contributed by atoms with Crippen molar-refractivity contribution in [2.24, 2.45) is 5.92 Å². The Bertz CT molecular complexity index is 453. The average molecular weight is 375 g/mol. The number of halogens is 1. The minimum absolute atomic E-state index is 0. The summed E-state index contributed by atoms with van der Waals surface area (Å²) in [5.74, 6) is 0.832. The lowest BCUT2D eigenvalue weighted by atomic mass is 9.85. The highest BCUT2D eigenvalue weighted by molar-refractivity contribution is 5.89. The average Bonchev–Trinajstić information content (AvgIpc) is 2.55. The van der Waals surface area contributed by atoms with Crippen LogP contribution >= 0.6 is 12.4 Å². The second kappa shape index (κ2) is 9.71. The minimum atomic E-state index is -0.359. The van der Waals surface area contributed by atoms with Crippen molar-refractivity contribution >= 4 is 24.2 Å². The number of carbonyl (C=O) groups excluding carboxylic acids is 2. The van der Waals surface area contributed by atoms with Gasteiger partial charge >= 0.3 is 0 Å². The Morgan fingerprint density at radius 3 is 2.48 bits per heavy atom. The van der Waals surface area contributed by atoms with Gasteiger partial charge in [-0.05, 0) is 18.8 Å². The van der Waals surface area contributed by atoms with E-state index in [0.717, 1.165) is 32.7 Å². The standard InChI is InChI=1S/C17H30N4O3.ClH/c22-11-10-19-6-8-20(9-7-19)16(23)12-15-17(24)21(5-4-18-15)13-14-2-1-3-14;/h14-15,18,22H,1-13H2;1H. The lowest BCUT2D eigenvalue weighted by Crippen LogP contribution is -2.58. The number of nitrogens with zero attached hydrogens (tertiary/aromatic N) is 3. The number of β-amino-alcohol motifs (C(OH)–C–C–N with tert-alkyl or cyclic N) is 1. The summed E-state index contributed by atoms with van der Waals surface area (Å²) in [7, 11) is 0. The third kappa shape index (κ3) is 5.29. The van der Waals surface area contributed by atoms with Crippen molar-refractivity contribution in [3.05, 3.63) is 0 Å². The van der Waals surface area contributed by atoms with Gasteiger partial charge in [-0.25, -0.2) is 0 Å². The molecule has 0 aromatic heterocycles. The molecule has 0 aromatic carbocycles. The van der Waals surface area contributed by atoms with Crippen molar-refractivity contribution < 1.29 is 14.7 Å². The number of rotatable bonds is 6. The van der Waals surface area contributed by atoms with Crippen LogP contribution in [0.5, 0.6) is 0 Å². The zero-order valence-corrected chi connectivity index (χ0v) is 15.7. The number of aliphatic hydroxyl groups excluding tert-OH is 1. The molecular formula is C17H31ClN4O3. The van der Waals surface area contributed by atoms with Crippen molar-refractivity contribution in [1.29, 1.82) is 0 Å². The smallest absolute Gasteiger partial charge is 0.240 e. The topological polar surface area (TPSA) is 76.1 Å². The predicted molar refractivity (Wildman–Crippen MR) is 97.7 cm³/mol. The molecule has 0 radical (unpaired) electrons. The third-order valence-corrected chi connectivity index (χ3v) is 5.61. The Balaban J connectivity index is 0.00000225. The monoisotopic (exact) mass is 374 g/mol. The summed E-state index contributed by atoms with van der Waals surface area (Å²) in [6.07, 6.45) is 4.02. The molecule has 7 nitrogen and oxygen atoms in total. The normalized spacial score (nSPS) is 25.5. The maximum atomic E-state index is 12.6. The lowest BCUT2D eigenvalue weighted by molar-refractivity contribution is -0.142. The van der Waals surface area contributed by atoms with Crippen molar-refractivity contribution in [2.75, 3.05) is 59.0 Å². The zero-order valence-electron chi connectivity index (χ0n) is 14.9. The third-order valence-electron chi connectivity index (χ3n) is 5.61. The Hall–Kier alpha value is -0.890. The summed E-state index contributed by atoms with van der Waals surface area (Å²) >= 11 is 0. The Labute approximate surface area is 156 Å². The van der Waals surface area contributed by atoms with Crippen molar-refractivity contribution in [1.82, 2.24) is 20.0 Å². The number of hydrogen-bond acceptors (Lipinski definition) is 5. The Kier molecular flexibility index (Phi) is 7.93. The molecule has 1 saturated carbocycles. The molecule has 1 atom stereocenters. The largest absolute Gasteiger partial charge is 0.395 e. The quantitative estimate of drug-likeness (QED) is 0.657. The molecule has 0 aromatic rings. The minimum Gasteiger partial charge on any atom is -0.395 e. The van der Waals surface area contributed by atoms with Gasteiger partial charge in [0.2, 0.25) is 11.8 Å². The van der Waals surface area contributed by atoms with Gasteiger partial charge in [0.1, 0.15) is 0 Å². The van der Waals surface area contributed by atoms with E-state index < -0.39 is 0 Å². The predicted octanol–water partition coefficient (Wildman–Crippen LogP) is -0.465. The van der Waals surface area contributed by atoms with Crippen molar-refractivity contribution in [3.8, 4) is 0 Å². The highest BCUT2D eigenvalue weighted by Gasteiger charge is 2.33. The van der Waals surface area contributed by atoms with E-state index in [-0.39, 0.29) is 43.3 Å². The van der Waals surface area contributed by atoms with E-state index in [1.807, 2.05) is 9.80 Å². The summed E-state index contributed by atoms with van der Waals surface area (Å²) < 4.78 is 0. The molecule has 3 fully saturated rings. The van der Waals surface area contributed by atoms with Crippen LogP contribution in [-0.4, -0.2) is 96.6 Å². The second-order valence-electron chi connectivity index (χ2n) is 7.24. The van der Waals surface area contributed by atoms with Gasteiger partial charge in [0, 0.05) is 52.4 Å². The van der Waals surface area contributed by atoms with Gasteiger partial charge in [0.25, 0.3) is 0 Å². The van der Waals surface area contributed by atoms with Gasteiger partial charge in [-0.15, -0.1) is 12.4 Å². The molecular weight excluding hydrogens is 344 g/mol. The lowest BCUT2D eigenvalue weighted by Gasteiger charge is -2.39. The van der Waals surface area contributed by atoms with Crippen LogP contribution in [-0.2, 0) is 9.59 Å². The molecule has 25 heavy (non-hydrogen) atoms. The summed E-state index contributed by atoms with van der Waals surface area (Å²) in [6, 6.07) is -0.359. The molecule has 3 rings (SSSR count). The van der Waals surface area contributed by atoms with Gasteiger partial charge < -0.3 is 20.2 Å². The molecule has 2 heterocycles. The van der Waals surface area contributed by atoms with Gasteiger partial charge in [-0.1, -0.05) is 6.42 Å². The highest BCUT2D eigenvalue weighted by atomic mass is 35.5. The Morgan fingerprint density at radius 2 is 1.88 bits per heavy atom. The summed E-state index contributed by atoms with van der Waals surface area (Å²) in [6.45, 7) is 6.20. The van der Waals surface area contributed by atoms with Crippen LogP contribution in [0, 0.1) is 5.92 Å². The maximum Gasteiger partial charge on any atom is 0.240 e. The number of aliphatic hydroxyl groups is 1. The number of hydrogen-bond donors (Lipinski definition) is 2. The van der Waals surface area contributed by atoms with E-state index in [4.69, 9.17) is 5.11 Å². The van der Waals surface area contributed by atoms with E-state index in [9.17, 15) is 9.59 Å².